The molecule has 0 aliphatic carbocycles. The number of fused-ring (bicyclic) bond motifs is 1. The topological polar surface area (TPSA) is 102 Å². The van der Waals surface area contributed by atoms with Crippen LogP contribution in [0, 0.1) is 0 Å². The van der Waals surface area contributed by atoms with Gasteiger partial charge in [-0.25, -0.2) is 9.25 Å². The van der Waals surface area contributed by atoms with Gasteiger partial charge in [0.15, 0.2) is 5.65 Å². The van der Waals surface area contributed by atoms with Crippen molar-refractivity contribution in [3.05, 3.63) is 77.2 Å². The lowest BCUT2D eigenvalue weighted by molar-refractivity contribution is -0.137. The van der Waals surface area contributed by atoms with Gasteiger partial charge in [0.1, 0.15) is 11.4 Å². The standard InChI is InChI=1S/C20H17N5O3/c1-13(19(27)28)22-20-23-17-16(12-21-25(17)15-10-6-3-7-11-15)18(26)24(20)14-8-4-2-5-9-14/h2-13H,1H3,(H,22,23)(H,27,28). The molecule has 140 valence electrons. The van der Waals surface area contributed by atoms with Crippen molar-refractivity contribution in [3.63, 3.8) is 0 Å². The lowest BCUT2D eigenvalue weighted by atomic mass is 10.3. The number of carbonyl (C=O) groups is 1. The van der Waals surface area contributed by atoms with Crippen LogP contribution in [0.1, 0.15) is 6.92 Å². The Morgan fingerprint density at radius 3 is 2.25 bits per heavy atom. The third kappa shape index (κ3) is 3.01. The Morgan fingerprint density at radius 1 is 1.04 bits per heavy atom. The molecule has 0 aliphatic heterocycles. The van der Waals surface area contributed by atoms with Crippen molar-refractivity contribution >= 4 is 23.0 Å². The van der Waals surface area contributed by atoms with E-state index in [9.17, 15) is 14.7 Å². The normalized spacial score (nSPS) is 12.0. The Morgan fingerprint density at radius 2 is 1.64 bits per heavy atom. The number of nitrogens with one attached hydrogen (secondary N) is 1. The summed E-state index contributed by atoms with van der Waals surface area (Å²) in [5, 5.41) is 16.8. The lowest BCUT2D eigenvalue weighted by Gasteiger charge is -2.16. The summed E-state index contributed by atoms with van der Waals surface area (Å²) < 4.78 is 2.92. The van der Waals surface area contributed by atoms with Gasteiger partial charge in [-0.3, -0.25) is 9.59 Å². The number of carboxylic acid groups (broad SMARTS) is 1. The van der Waals surface area contributed by atoms with E-state index in [1.54, 1.807) is 28.9 Å². The summed E-state index contributed by atoms with van der Waals surface area (Å²) in [6.45, 7) is 1.49. The molecule has 1 atom stereocenters. The highest BCUT2D eigenvalue weighted by molar-refractivity contribution is 5.79. The molecule has 0 saturated heterocycles. The summed E-state index contributed by atoms with van der Waals surface area (Å²) in [6.07, 6.45) is 1.47. The van der Waals surface area contributed by atoms with Gasteiger partial charge in [-0.1, -0.05) is 36.4 Å². The second-order valence-electron chi connectivity index (χ2n) is 6.24. The number of hydrogen-bond donors (Lipinski definition) is 2. The smallest absolute Gasteiger partial charge is 0.325 e. The van der Waals surface area contributed by atoms with Crippen LogP contribution < -0.4 is 10.9 Å². The highest BCUT2D eigenvalue weighted by Crippen LogP contribution is 2.19. The van der Waals surface area contributed by atoms with Crippen molar-refractivity contribution in [1.29, 1.82) is 0 Å². The van der Waals surface area contributed by atoms with Gasteiger partial charge >= 0.3 is 5.97 Å². The predicted molar refractivity (Wildman–Crippen MR) is 105 cm³/mol. The number of para-hydroxylation sites is 2. The molecular formula is C20H17N5O3. The molecule has 8 heteroatoms. The number of carboxylic acids is 1. The monoisotopic (exact) mass is 375 g/mol. The molecule has 2 aromatic heterocycles. The number of rotatable bonds is 5. The van der Waals surface area contributed by atoms with E-state index in [1.807, 2.05) is 36.4 Å². The Balaban J connectivity index is 1.99. The largest absolute Gasteiger partial charge is 0.480 e. The number of anilines is 1. The van der Waals surface area contributed by atoms with Crippen molar-refractivity contribution < 1.29 is 9.90 Å². The van der Waals surface area contributed by atoms with E-state index in [4.69, 9.17) is 0 Å². The summed E-state index contributed by atoms with van der Waals surface area (Å²) in [7, 11) is 0. The molecule has 28 heavy (non-hydrogen) atoms. The Bertz CT molecular complexity index is 1200. The SMILES string of the molecule is CC(Nc1nc2c(cnn2-c2ccccc2)c(=O)n1-c1ccccc1)C(=O)O. The first-order valence-electron chi connectivity index (χ1n) is 8.67. The van der Waals surface area contributed by atoms with Gasteiger partial charge in [0.05, 0.1) is 17.6 Å². The van der Waals surface area contributed by atoms with Crippen molar-refractivity contribution in [3.8, 4) is 11.4 Å². The first kappa shape index (κ1) is 17.5. The molecular weight excluding hydrogens is 358 g/mol. The molecule has 1 unspecified atom stereocenters. The second-order valence-corrected chi connectivity index (χ2v) is 6.24. The summed E-state index contributed by atoms with van der Waals surface area (Å²) in [5.41, 5.74) is 1.34. The molecule has 2 N–H and O–H groups in total. The summed E-state index contributed by atoms with van der Waals surface area (Å²) in [4.78, 5) is 29.1. The molecule has 0 bridgehead atoms. The maximum absolute atomic E-state index is 13.2. The zero-order valence-electron chi connectivity index (χ0n) is 15.0. The minimum Gasteiger partial charge on any atom is -0.480 e. The molecule has 4 rings (SSSR count). The van der Waals surface area contributed by atoms with Crippen LogP contribution in [0.15, 0.2) is 71.7 Å². The van der Waals surface area contributed by atoms with E-state index in [1.165, 1.54) is 17.7 Å². The molecule has 2 aromatic carbocycles. The Labute approximate surface area is 159 Å². The predicted octanol–water partition coefficient (Wildman–Crippen LogP) is 2.46. The molecule has 0 aliphatic rings. The van der Waals surface area contributed by atoms with Crippen molar-refractivity contribution in [1.82, 2.24) is 19.3 Å². The number of aromatic nitrogens is 4. The van der Waals surface area contributed by atoms with Gasteiger partial charge in [0.25, 0.3) is 5.56 Å². The van der Waals surface area contributed by atoms with Crippen LogP contribution in [-0.2, 0) is 4.79 Å². The fourth-order valence-corrected chi connectivity index (χ4v) is 2.89. The molecule has 0 amide bonds. The number of aliphatic carboxylic acids is 1. The van der Waals surface area contributed by atoms with Gasteiger partial charge < -0.3 is 10.4 Å². The Hall–Kier alpha value is -3.94. The second kappa shape index (κ2) is 6.99. The summed E-state index contributed by atoms with van der Waals surface area (Å²) >= 11 is 0. The number of benzene rings is 2. The maximum Gasteiger partial charge on any atom is 0.325 e. The van der Waals surface area contributed by atoms with Crippen molar-refractivity contribution in [2.45, 2.75) is 13.0 Å². The number of hydrogen-bond acceptors (Lipinski definition) is 5. The minimum atomic E-state index is -1.05. The van der Waals surface area contributed by atoms with Crippen LogP contribution in [-0.4, -0.2) is 36.4 Å². The van der Waals surface area contributed by atoms with Gasteiger partial charge in [-0.15, -0.1) is 0 Å². The fraction of sp³-hybridized carbons (Fsp3) is 0.100. The van der Waals surface area contributed by atoms with Crippen LogP contribution >= 0.6 is 0 Å². The average molecular weight is 375 g/mol. The highest BCUT2D eigenvalue weighted by Gasteiger charge is 2.20. The van der Waals surface area contributed by atoms with E-state index in [-0.39, 0.29) is 11.5 Å². The van der Waals surface area contributed by atoms with Crippen LogP contribution in [0.2, 0.25) is 0 Å². The molecule has 8 nitrogen and oxygen atoms in total. The zero-order chi connectivity index (χ0) is 19.7. The average Bonchev–Trinajstić information content (AvgIpc) is 3.13. The van der Waals surface area contributed by atoms with Gasteiger partial charge in [-0.05, 0) is 31.2 Å². The van der Waals surface area contributed by atoms with Crippen LogP contribution in [0.5, 0.6) is 0 Å². The van der Waals surface area contributed by atoms with Crippen LogP contribution in [0.4, 0.5) is 5.95 Å². The summed E-state index contributed by atoms with van der Waals surface area (Å²) in [6, 6.07) is 17.3. The van der Waals surface area contributed by atoms with E-state index in [2.05, 4.69) is 15.4 Å². The Kier molecular flexibility index (Phi) is 4.36. The van der Waals surface area contributed by atoms with E-state index in [0.29, 0.717) is 16.7 Å². The molecule has 0 spiro atoms. The van der Waals surface area contributed by atoms with Gasteiger partial charge in [0.2, 0.25) is 5.95 Å². The van der Waals surface area contributed by atoms with Gasteiger partial charge in [0, 0.05) is 0 Å². The first-order valence-corrected chi connectivity index (χ1v) is 8.67. The summed E-state index contributed by atoms with van der Waals surface area (Å²) in [5.74, 6) is -0.915. The molecule has 0 fully saturated rings. The van der Waals surface area contributed by atoms with Crippen LogP contribution in [0.25, 0.3) is 22.4 Å². The van der Waals surface area contributed by atoms with Crippen LogP contribution in [0.3, 0.4) is 0 Å². The van der Waals surface area contributed by atoms with E-state index < -0.39 is 12.0 Å². The van der Waals surface area contributed by atoms with Crippen molar-refractivity contribution in [2.75, 3.05) is 5.32 Å². The fourth-order valence-electron chi connectivity index (χ4n) is 2.89. The maximum atomic E-state index is 13.2. The third-order valence-corrected chi connectivity index (χ3v) is 4.33. The third-order valence-electron chi connectivity index (χ3n) is 4.33. The lowest BCUT2D eigenvalue weighted by Crippen LogP contribution is -2.31. The first-order chi connectivity index (χ1) is 13.6. The van der Waals surface area contributed by atoms with E-state index in [0.717, 1.165) is 5.69 Å². The van der Waals surface area contributed by atoms with Gasteiger partial charge in [-0.2, -0.15) is 10.1 Å². The molecule has 0 radical (unpaired) electrons. The number of nitrogens with zero attached hydrogens (tertiary/aromatic N) is 4. The molecule has 2 heterocycles. The molecule has 4 aromatic rings. The highest BCUT2D eigenvalue weighted by atomic mass is 16.4. The minimum absolute atomic E-state index is 0.135. The van der Waals surface area contributed by atoms with E-state index >= 15 is 0 Å². The quantitative estimate of drug-likeness (QED) is 0.556. The molecule has 0 saturated carbocycles. The van der Waals surface area contributed by atoms with Crippen molar-refractivity contribution in [2.24, 2.45) is 0 Å². The zero-order valence-corrected chi connectivity index (χ0v) is 15.0.